The second-order valence-electron chi connectivity index (χ2n) is 8.80. The van der Waals surface area contributed by atoms with Gasteiger partial charge in [0.1, 0.15) is 17.5 Å². The van der Waals surface area contributed by atoms with Crippen molar-refractivity contribution in [2.45, 2.75) is 51.0 Å². The van der Waals surface area contributed by atoms with Gasteiger partial charge in [-0.25, -0.2) is 8.42 Å². The van der Waals surface area contributed by atoms with E-state index in [1.807, 2.05) is 13.8 Å². The van der Waals surface area contributed by atoms with Crippen LogP contribution in [0, 0.1) is 5.92 Å². The lowest BCUT2D eigenvalue weighted by molar-refractivity contribution is -0.118. The first kappa shape index (κ1) is 26.5. The third-order valence-electron chi connectivity index (χ3n) is 5.85. The van der Waals surface area contributed by atoms with Crippen LogP contribution in [0.1, 0.15) is 39.2 Å². The summed E-state index contributed by atoms with van der Waals surface area (Å²) in [4.78, 5) is 27.1. The fourth-order valence-corrected chi connectivity index (χ4v) is 5.32. The number of hydrogen-bond donors (Lipinski definition) is 2. The first-order valence-corrected chi connectivity index (χ1v) is 13.1. The Morgan fingerprint density at radius 1 is 1.09 bits per heavy atom. The Labute approximate surface area is 206 Å². The number of fused-ring (bicyclic) bond motifs is 1. The molecule has 1 aliphatic heterocycles. The normalized spacial score (nSPS) is 13.9. The van der Waals surface area contributed by atoms with Gasteiger partial charge in [0.25, 0.3) is 0 Å². The van der Waals surface area contributed by atoms with Crippen molar-refractivity contribution in [3.8, 4) is 11.5 Å². The minimum Gasteiger partial charge on any atom is -0.497 e. The summed E-state index contributed by atoms with van der Waals surface area (Å²) in [7, 11) is -1.01. The van der Waals surface area contributed by atoms with E-state index < -0.39 is 22.0 Å². The predicted molar refractivity (Wildman–Crippen MR) is 135 cm³/mol. The third kappa shape index (κ3) is 6.12. The number of carbonyl (C=O) groups excluding carboxylic acids is 2. The van der Waals surface area contributed by atoms with E-state index >= 15 is 0 Å². The lowest BCUT2D eigenvalue weighted by Crippen LogP contribution is -2.44. The Morgan fingerprint density at radius 3 is 2.46 bits per heavy atom. The van der Waals surface area contributed by atoms with E-state index in [0.717, 1.165) is 11.3 Å². The fraction of sp³-hybridized carbons (Fsp3) is 0.440. The smallest absolute Gasteiger partial charge is 0.242 e. The van der Waals surface area contributed by atoms with Crippen molar-refractivity contribution in [1.82, 2.24) is 4.72 Å². The second-order valence-corrected chi connectivity index (χ2v) is 10.5. The zero-order valence-electron chi connectivity index (χ0n) is 20.8. The van der Waals surface area contributed by atoms with Gasteiger partial charge >= 0.3 is 0 Å². The molecule has 1 atom stereocenters. The number of methoxy groups -OCH3 is 2. The molecule has 10 heteroatoms. The number of anilines is 2. The molecule has 0 aromatic heterocycles. The van der Waals surface area contributed by atoms with E-state index in [-0.39, 0.29) is 16.7 Å². The molecule has 1 aliphatic rings. The summed E-state index contributed by atoms with van der Waals surface area (Å²) in [5.74, 6) is 0.494. The number of carbonyl (C=O) groups is 2. The van der Waals surface area contributed by atoms with Gasteiger partial charge in [0, 0.05) is 24.7 Å². The molecule has 0 saturated carbocycles. The summed E-state index contributed by atoms with van der Waals surface area (Å²) in [6.07, 6.45) is 1.25. The van der Waals surface area contributed by atoms with Gasteiger partial charge in [-0.05, 0) is 54.7 Å². The molecule has 0 radical (unpaired) electrons. The van der Waals surface area contributed by atoms with E-state index in [9.17, 15) is 18.0 Å². The average molecular weight is 504 g/mol. The quantitative estimate of drug-likeness (QED) is 0.514. The number of benzene rings is 2. The van der Waals surface area contributed by atoms with Crippen LogP contribution in [0.15, 0.2) is 41.3 Å². The van der Waals surface area contributed by atoms with E-state index in [2.05, 4.69) is 10.0 Å². The first-order valence-electron chi connectivity index (χ1n) is 11.6. The summed E-state index contributed by atoms with van der Waals surface area (Å²) in [6.45, 7) is 6.15. The number of nitrogens with zero attached hydrogens (tertiary/aromatic N) is 1. The molecule has 190 valence electrons. The number of ether oxygens (including phenoxy) is 2. The van der Waals surface area contributed by atoms with Crippen LogP contribution in [-0.4, -0.2) is 47.0 Å². The van der Waals surface area contributed by atoms with Crippen molar-refractivity contribution in [1.29, 1.82) is 0 Å². The Balaban J connectivity index is 1.84. The molecule has 0 fully saturated rings. The van der Waals surface area contributed by atoms with Crippen LogP contribution in [0.3, 0.4) is 0 Å². The van der Waals surface area contributed by atoms with E-state index in [4.69, 9.17) is 9.47 Å². The molecule has 0 aliphatic carbocycles. The molecule has 2 N–H and O–H groups in total. The summed E-state index contributed by atoms with van der Waals surface area (Å²) in [6, 6.07) is 8.67. The van der Waals surface area contributed by atoms with E-state index in [0.29, 0.717) is 43.0 Å². The van der Waals surface area contributed by atoms with Crippen molar-refractivity contribution in [2.75, 3.05) is 31.0 Å². The summed E-state index contributed by atoms with van der Waals surface area (Å²) < 4.78 is 39.6. The number of rotatable bonds is 10. The van der Waals surface area contributed by atoms with Crippen LogP contribution in [0.25, 0.3) is 0 Å². The maximum absolute atomic E-state index is 13.3. The van der Waals surface area contributed by atoms with E-state index in [1.165, 1.54) is 20.3 Å². The van der Waals surface area contributed by atoms with Gasteiger partial charge in [-0.3, -0.25) is 9.59 Å². The van der Waals surface area contributed by atoms with Crippen LogP contribution in [-0.2, 0) is 26.0 Å². The number of nitrogens with one attached hydrogen (secondary N) is 2. The van der Waals surface area contributed by atoms with Crippen molar-refractivity contribution in [2.24, 2.45) is 5.92 Å². The monoisotopic (exact) mass is 503 g/mol. The summed E-state index contributed by atoms with van der Waals surface area (Å²) in [5, 5.41) is 2.77. The molecular formula is C25H33N3O6S. The van der Waals surface area contributed by atoms with Gasteiger partial charge in [-0.1, -0.05) is 20.8 Å². The van der Waals surface area contributed by atoms with E-state index in [1.54, 1.807) is 42.2 Å². The molecular weight excluding hydrogens is 470 g/mol. The molecule has 0 bridgehead atoms. The first-order chi connectivity index (χ1) is 16.6. The topological polar surface area (TPSA) is 114 Å². The Kier molecular flexibility index (Phi) is 8.39. The molecule has 0 spiro atoms. The minimum absolute atomic E-state index is 0.000814. The third-order valence-corrected chi connectivity index (χ3v) is 7.32. The average Bonchev–Trinajstić information content (AvgIpc) is 3.26. The van der Waals surface area contributed by atoms with Crippen LogP contribution in [0.5, 0.6) is 11.5 Å². The van der Waals surface area contributed by atoms with Gasteiger partial charge in [0.05, 0.1) is 24.8 Å². The zero-order chi connectivity index (χ0) is 25.8. The molecule has 9 nitrogen and oxygen atoms in total. The molecule has 1 heterocycles. The van der Waals surface area contributed by atoms with Crippen LogP contribution in [0.4, 0.5) is 11.4 Å². The standard InChI is InChI=1S/C25H33N3O6S/c1-6-24(29)28-12-11-17-14-19(8-9-22(17)28)35(31,32)27-21(13-16(2)3)25(30)26-20-15-18(33-4)7-10-23(20)34-5/h7-10,14-16,21,27H,6,11-13H2,1-5H3,(H,26,30)/t21-/m0/s1. The number of hydrogen-bond acceptors (Lipinski definition) is 6. The predicted octanol–water partition coefficient (Wildman–Crippen LogP) is 3.33. The zero-order valence-corrected chi connectivity index (χ0v) is 21.6. The number of sulfonamides is 1. The van der Waals surface area contributed by atoms with Gasteiger partial charge in [-0.15, -0.1) is 0 Å². The van der Waals surface area contributed by atoms with Gasteiger partial charge in [0.2, 0.25) is 21.8 Å². The highest BCUT2D eigenvalue weighted by atomic mass is 32.2. The van der Waals surface area contributed by atoms with Gasteiger partial charge < -0.3 is 19.7 Å². The molecule has 2 aromatic carbocycles. The highest BCUT2D eigenvalue weighted by Crippen LogP contribution is 2.31. The second kappa shape index (κ2) is 11.1. The lowest BCUT2D eigenvalue weighted by Gasteiger charge is -2.21. The van der Waals surface area contributed by atoms with Crippen LogP contribution in [0.2, 0.25) is 0 Å². The summed E-state index contributed by atoms with van der Waals surface area (Å²) >= 11 is 0. The van der Waals surface area contributed by atoms with Gasteiger partial charge in [-0.2, -0.15) is 4.72 Å². The lowest BCUT2D eigenvalue weighted by atomic mass is 10.0. The maximum atomic E-state index is 13.3. The fourth-order valence-electron chi connectivity index (χ4n) is 4.06. The summed E-state index contributed by atoms with van der Waals surface area (Å²) in [5.41, 5.74) is 1.90. The van der Waals surface area contributed by atoms with Crippen molar-refractivity contribution >= 4 is 33.2 Å². The van der Waals surface area contributed by atoms with Crippen LogP contribution >= 0.6 is 0 Å². The highest BCUT2D eigenvalue weighted by molar-refractivity contribution is 7.89. The van der Waals surface area contributed by atoms with Crippen molar-refractivity contribution < 1.29 is 27.5 Å². The Hall–Kier alpha value is -3.11. The van der Waals surface area contributed by atoms with Crippen LogP contribution < -0.4 is 24.4 Å². The van der Waals surface area contributed by atoms with Crippen molar-refractivity contribution in [3.05, 3.63) is 42.0 Å². The minimum atomic E-state index is -4.01. The SMILES string of the molecule is CCC(=O)N1CCc2cc(S(=O)(=O)N[C@@H](CC(C)C)C(=O)Nc3cc(OC)ccc3OC)ccc21. The molecule has 0 unspecified atom stereocenters. The molecule has 0 saturated heterocycles. The number of amides is 2. The Morgan fingerprint density at radius 2 is 1.83 bits per heavy atom. The molecule has 2 amide bonds. The molecule has 2 aromatic rings. The maximum Gasteiger partial charge on any atom is 0.242 e. The largest absolute Gasteiger partial charge is 0.497 e. The highest BCUT2D eigenvalue weighted by Gasteiger charge is 2.30. The Bertz CT molecular complexity index is 1200. The van der Waals surface area contributed by atoms with Gasteiger partial charge in [0.15, 0.2) is 0 Å². The van der Waals surface area contributed by atoms with Crippen molar-refractivity contribution in [3.63, 3.8) is 0 Å². The molecule has 3 rings (SSSR count). The molecule has 35 heavy (non-hydrogen) atoms.